The maximum absolute atomic E-state index is 11.6. The van der Waals surface area contributed by atoms with Crippen molar-refractivity contribution in [3.05, 3.63) is 29.8 Å². The molecule has 0 unspecified atom stereocenters. The summed E-state index contributed by atoms with van der Waals surface area (Å²) in [5.74, 6) is 0.263. The fourth-order valence-electron chi connectivity index (χ4n) is 1.31. The highest BCUT2D eigenvalue weighted by Gasteiger charge is 2.10. The molecule has 3 N–H and O–H groups in total. The molecule has 0 aliphatic rings. The maximum atomic E-state index is 11.6. The minimum atomic E-state index is -3.16. The van der Waals surface area contributed by atoms with Crippen LogP contribution in [-0.4, -0.2) is 25.9 Å². The summed E-state index contributed by atoms with van der Waals surface area (Å²) in [5, 5.41) is 7.22. The van der Waals surface area contributed by atoms with E-state index in [9.17, 15) is 8.42 Å². The maximum Gasteiger partial charge on any atom is 0.189 e. The highest BCUT2D eigenvalue weighted by Crippen LogP contribution is 2.12. The van der Waals surface area contributed by atoms with E-state index in [1.165, 1.54) is 0 Å². The molecule has 0 atom stereocenters. The van der Waals surface area contributed by atoms with Crippen molar-refractivity contribution in [2.24, 2.45) is 5.73 Å². The number of hydrogen-bond acceptors (Lipinski definition) is 4. The van der Waals surface area contributed by atoms with Crippen LogP contribution in [0.2, 0.25) is 0 Å². The van der Waals surface area contributed by atoms with Crippen LogP contribution in [0.15, 0.2) is 24.3 Å². The van der Waals surface area contributed by atoms with Crippen molar-refractivity contribution in [2.75, 3.05) is 11.7 Å². The predicted molar refractivity (Wildman–Crippen MR) is 71.6 cm³/mol. The lowest BCUT2D eigenvalue weighted by molar-refractivity contribution is 0.376. The highest BCUT2D eigenvalue weighted by molar-refractivity contribution is 7.91. The molecule has 0 spiro atoms. The first-order valence-corrected chi connectivity index (χ1v) is 7.54. The fourth-order valence-corrected chi connectivity index (χ4v) is 2.47. The number of nitrogens with one attached hydrogen (secondary N) is 1. The molecule has 0 aromatic heterocycles. The van der Waals surface area contributed by atoms with E-state index in [-0.39, 0.29) is 17.5 Å². The Bertz CT molecular complexity index is 495. The monoisotopic (exact) mass is 270 g/mol. The molecule has 0 aliphatic carbocycles. The van der Waals surface area contributed by atoms with E-state index in [1.54, 1.807) is 24.3 Å². The quantitative estimate of drug-likeness (QED) is 0.580. The summed E-state index contributed by atoms with van der Waals surface area (Å²) in [7, 11) is -3.16. The number of rotatable bonds is 7. The van der Waals surface area contributed by atoms with Gasteiger partial charge in [-0.2, -0.15) is 0 Å². The van der Waals surface area contributed by atoms with Crippen molar-refractivity contribution in [2.45, 2.75) is 19.8 Å². The van der Waals surface area contributed by atoms with E-state index < -0.39 is 9.84 Å². The molecule has 100 valence electrons. The molecule has 0 saturated heterocycles. The molecule has 0 aliphatic heterocycles. The Morgan fingerprint density at radius 1 is 1.33 bits per heavy atom. The van der Waals surface area contributed by atoms with Crippen LogP contribution in [0.5, 0.6) is 5.75 Å². The average Bonchev–Trinajstić information content (AvgIpc) is 2.35. The summed E-state index contributed by atoms with van der Waals surface area (Å²) in [6.45, 7) is 1.94. The number of hydrogen-bond donors (Lipinski definition) is 2. The first-order chi connectivity index (χ1) is 8.44. The standard InChI is InChI=1S/C12H18N2O3S/c1-2-3-8-18(15,16)9-17-11-6-4-10(5-7-11)12(13)14/h4-7H,2-3,8-9H2,1H3,(H3,13,14). The van der Waals surface area contributed by atoms with Gasteiger partial charge >= 0.3 is 0 Å². The number of sulfone groups is 1. The van der Waals surface area contributed by atoms with E-state index >= 15 is 0 Å². The Morgan fingerprint density at radius 3 is 2.44 bits per heavy atom. The van der Waals surface area contributed by atoms with Crippen LogP contribution in [0.25, 0.3) is 0 Å². The summed E-state index contributed by atoms with van der Waals surface area (Å²) < 4.78 is 28.3. The third-order valence-electron chi connectivity index (χ3n) is 2.38. The minimum Gasteiger partial charge on any atom is -0.478 e. The Hall–Kier alpha value is -1.56. The molecule has 0 bridgehead atoms. The largest absolute Gasteiger partial charge is 0.478 e. The van der Waals surface area contributed by atoms with Gasteiger partial charge in [0.2, 0.25) is 0 Å². The number of nitrogens with two attached hydrogens (primary N) is 1. The first kappa shape index (κ1) is 14.5. The summed E-state index contributed by atoms with van der Waals surface area (Å²) in [5.41, 5.74) is 5.89. The van der Waals surface area contributed by atoms with E-state index in [2.05, 4.69) is 0 Å². The summed E-state index contributed by atoms with van der Waals surface area (Å²) in [6.07, 6.45) is 1.49. The molecular formula is C12H18N2O3S. The molecular weight excluding hydrogens is 252 g/mol. The van der Waals surface area contributed by atoms with Gasteiger partial charge in [0.1, 0.15) is 11.6 Å². The number of nitrogen functional groups attached to an aromatic ring is 1. The Kier molecular flexibility index (Phi) is 5.15. The van der Waals surface area contributed by atoms with Crippen LogP contribution in [0.4, 0.5) is 0 Å². The summed E-state index contributed by atoms with van der Waals surface area (Å²) >= 11 is 0. The predicted octanol–water partition coefficient (Wildman–Crippen LogP) is 1.52. The lowest BCUT2D eigenvalue weighted by atomic mass is 10.2. The van der Waals surface area contributed by atoms with E-state index in [1.807, 2.05) is 6.92 Å². The van der Waals surface area contributed by atoms with Gasteiger partial charge in [0.05, 0.1) is 5.75 Å². The van der Waals surface area contributed by atoms with Crippen LogP contribution in [0.3, 0.4) is 0 Å². The van der Waals surface area contributed by atoms with Gasteiger partial charge < -0.3 is 10.5 Å². The van der Waals surface area contributed by atoms with Gasteiger partial charge in [0, 0.05) is 5.56 Å². The van der Waals surface area contributed by atoms with Gasteiger partial charge in [-0.15, -0.1) is 0 Å². The molecule has 1 rings (SSSR count). The zero-order valence-electron chi connectivity index (χ0n) is 10.3. The Balaban J connectivity index is 2.56. The number of amidine groups is 1. The van der Waals surface area contributed by atoms with Crippen LogP contribution >= 0.6 is 0 Å². The Morgan fingerprint density at radius 2 is 1.94 bits per heavy atom. The first-order valence-electron chi connectivity index (χ1n) is 5.72. The normalized spacial score (nSPS) is 11.2. The van der Waals surface area contributed by atoms with Crippen molar-refractivity contribution in [3.63, 3.8) is 0 Å². The van der Waals surface area contributed by atoms with Crippen molar-refractivity contribution in [1.82, 2.24) is 0 Å². The van der Waals surface area contributed by atoms with Crippen molar-refractivity contribution >= 4 is 15.7 Å². The number of unbranched alkanes of at least 4 members (excludes halogenated alkanes) is 1. The summed E-state index contributed by atoms with van der Waals surface area (Å²) in [4.78, 5) is 0. The van der Waals surface area contributed by atoms with Crippen molar-refractivity contribution < 1.29 is 13.2 Å². The molecule has 1 aromatic rings. The number of benzene rings is 1. The zero-order valence-corrected chi connectivity index (χ0v) is 11.2. The molecule has 0 heterocycles. The highest BCUT2D eigenvalue weighted by atomic mass is 32.2. The number of ether oxygens (including phenoxy) is 1. The summed E-state index contributed by atoms with van der Waals surface area (Å²) in [6, 6.07) is 6.45. The van der Waals surface area contributed by atoms with E-state index in [4.69, 9.17) is 15.9 Å². The Labute approximate surface area is 107 Å². The lowest BCUT2D eigenvalue weighted by Gasteiger charge is -2.07. The lowest BCUT2D eigenvalue weighted by Crippen LogP contribution is -2.16. The topological polar surface area (TPSA) is 93.2 Å². The van der Waals surface area contributed by atoms with Gasteiger partial charge in [-0.1, -0.05) is 13.3 Å². The third-order valence-corrected chi connectivity index (χ3v) is 3.77. The SMILES string of the molecule is CCCCS(=O)(=O)COc1ccc(C(=N)N)cc1. The average molecular weight is 270 g/mol. The van der Waals surface area contributed by atoms with E-state index in [0.717, 1.165) is 6.42 Å². The second kappa shape index (κ2) is 6.39. The molecule has 6 heteroatoms. The molecule has 5 nitrogen and oxygen atoms in total. The van der Waals surface area contributed by atoms with E-state index in [0.29, 0.717) is 17.7 Å². The van der Waals surface area contributed by atoms with Gasteiger partial charge in [-0.3, -0.25) is 5.41 Å². The van der Waals surface area contributed by atoms with Crippen LogP contribution in [-0.2, 0) is 9.84 Å². The van der Waals surface area contributed by atoms with Crippen LogP contribution in [0, 0.1) is 5.41 Å². The second-order valence-electron chi connectivity index (χ2n) is 4.00. The third kappa shape index (κ3) is 4.75. The fraction of sp³-hybridized carbons (Fsp3) is 0.417. The van der Waals surface area contributed by atoms with Gasteiger partial charge in [0.15, 0.2) is 15.8 Å². The van der Waals surface area contributed by atoms with Crippen molar-refractivity contribution in [1.29, 1.82) is 5.41 Å². The van der Waals surface area contributed by atoms with Crippen LogP contribution < -0.4 is 10.5 Å². The van der Waals surface area contributed by atoms with Crippen molar-refractivity contribution in [3.8, 4) is 5.75 Å². The molecule has 0 radical (unpaired) electrons. The minimum absolute atomic E-state index is 0.0304. The molecule has 18 heavy (non-hydrogen) atoms. The second-order valence-corrected chi connectivity index (χ2v) is 6.13. The van der Waals surface area contributed by atoms with Gasteiger partial charge in [-0.25, -0.2) is 8.42 Å². The van der Waals surface area contributed by atoms with Gasteiger partial charge in [0.25, 0.3) is 0 Å². The van der Waals surface area contributed by atoms with Crippen LogP contribution in [0.1, 0.15) is 25.3 Å². The zero-order chi connectivity index (χ0) is 13.6. The molecule has 0 fully saturated rings. The molecule has 0 saturated carbocycles. The molecule has 0 amide bonds. The molecule has 1 aromatic carbocycles. The smallest absolute Gasteiger partial charge is 0.189 e. The van der Waals surface area contributed by atoms with Gasteiger partial charge in [-0.05, 0) is 30.7 Å².